The van der Waals surface area contributed by atoms with Crippen LogP contribution in [0.15, 0.2) is 52.3 Å². The maximum absolute atomic E-state index is 12.7. The highest BCUT2D eigenvalue weighted by Gasteiger charge is 2.22. The Kier molecular flexibility index (Phi) is 6.69. The molecule has 1 amide bonds. The van der Waals surface area contributed by atoms with Crippen molar-refractivity contribution < 1.29 is 4.79 Å². The van der Waals surface area contributed by atoms with E-state index < -0.39 is 0 Å². The smallest absolute Gasteiger partial charge is 0.228 e. The number of hydrogen-bond acceptors (Lipinski definition) is 6. The first-order valence-corrected chi connectivity index (χ1v) is 12.0. The molecule has 0 atom stereocenters. The summed E-state index contributed by atoms with van der Waals surface area (Å²) >= 11 is 3.38. The molecule has 3 heterocycles. The number of thioether (sulfide) groups is 1. The normalized spacial score (nSPS) is 14.2. The average Bonchev–Trinajstić information content (AvgIpc) is 3.22. The van der Waals surface area contributed by atoms with Crippen LogP contribution in [0.1, 0.15) is 22.4 Å². The molecule has 1 fully saturated rings. The van der Waals surface area contributed by atoms with Gasteiger partial charge in [0, 0.05) is 43.5 Å². The van der Waals surface area contributed by atoms with E-state index in [9.17, 15) is 4.79 Å². The van der Waals surface area contributed by atoms with Crippen LogP contribution in [-0.2, 0) is 17.0 Å². The fraction of sp³-hybridized carbons (Fsp3) is 0.348. The predicted molar refractivity (Wildman–Crippen MR) is 124 cm³/mol. The Morgan fingerprint density at radius 1 is 1.13 bits per heavy atom. The van der Waals surface area contributed by atoms with Gasteiger partial charge in [0.1, 0.15) is 10.2 Å². The molecule has 2 aromatic heterocycles. The fourth-order valence-electron chi connectivity index (χ4n) is 3.52. The van der Waals surface area contributed by atoms with E-state index in [0.717, 1.165) is 47.8 Å². The highest BCUT2D eigenvalue weighted by Crippen LogP contribution is 2.28. The minimum atomic E-state index is 0.159. The number of aryl methyl sites for hydroxylation is 2. The molecular weight excluding hydrogens is 412 g/mol. The molecule has 7 heteroatoms. The highest BCUT2D eigenvalue weighted by molar-refractivity contribution is 8.00. The van der Waals surface area contributed by atoms with Crippen LogP contribution in [0.3, 0.4) is 0 Å². The van der Waals surface area contributed by atoms with Gasteiger partial charge in [-0.3, -0.25) is 4.79 Å². The van der Waals surface area contributed by atoms with Gasteiger partial charge in [-0.1, -0.05) is 41.6 Å². The Balaban J connectivity index is 1.27. The summed E-state index contributed by atoms with van der Waals surface area (Å²) in [5.74, 6) is 2.05. The summed E-state index contributed by atoms with van der Waals surface area (Å²) in [6.07, 6.45) is 2.19. The monoisotopic (exact) mass is 438 g/mol. The second-order valence-corrected chi connectivity index (χ2v) is 9.64. The van der Waals surface area contributed by atoms with Crippen molar-refractivity contribution in [3.05, 3.63) is 70.4 Å². The average molecular weight is 439 g/mol. The third-order valence-corrected chi connectivity index (χ3v) is 7.44. The lowest BCUT2D eigenvalue weighted by Crippen LogP contribution is -2.49. The molecule has 0 radical (unpaired) electrons. The number of hydrogen-bond donors (Lipinski definition) is 0. The van der Waals surface area contributed by atoms with Gasteiger partial charge in [0.25, 0.3) is 0 Å². The molecule has 5 nitrogen and oxygen atoms in total. The Morgan fingerprint density at radius 3 is 2.73 bits per heavy atom. The molecule has 156 valence electrons. The van der Waals surface area contributed by atoms with E-state index >= 15 is 0 Å². The van der Waals surface area contributed by atoms with Crippen molar-refractivity contribution in [1.82, 2.24) is 14.9 Å². The van der Waals surface area contributed by atoms with Gasteiger partial charge in [0.2, 0.25) is 5.91 Å². The Labute approximate surface area is 186 Å². The molecule has 0 N–H and O–H groups in total. The van der Waals surface area contributed by atoms with Crippen molar-refractivity contribution in [3.8, 4) is 0 Å². The molecular formula is C23H26N4OS2. The highest BCUT2D eigenvalue weighted by atomic mass is 32.2. The van der Waals surface area contributed by atoms with Crippen molar-refractivity contribution in [2.75, 3.05) is 31.1 Å². The summed E-state index contributed by atoms with van der Waals surface area (Å²) in [6.45, 7) is 7.36. The first-order chi connectivity index (χ1) is 14.6. The van der Waals surface area contributed by atoms with Gasteiger partial charge in [0.05, 0.1) is 12.1 Å². The summed E-state index contributed by atoms with van der Waals surface area (Å²) in [4.78, 5) is 26.0. The number of nitrogens with zero attached hydrogens (tertiary/aromatic N) is 4. The second kappa shape index (κ2) is 9.62. The standard InChI is InChI=1S/C23H26N4OS2/c1-17-6-7-18(2)19(13-17)15-29-23-25-20(16-30-23)14-22(28)27-11-9-26(10-12-27)21-5-3-4-8-24-21/h3-8,13,16H,9-12,14-15H2,1-2H3. The van der Waals surface area contributed by atoms with Crippen LogP contribution < -0.4 is 4.90 Å². The fourth-order valence-corrected chi connectivity index (χ4v) is 5.43. The molecule has 4 rings (SSSR count). The molecule has 1 saturated heterocycles. The lowest BCUT2D eigenvalue weighted by Gasteiger charge is -2.35. The van der Waals surface area contributed by atoms with E-state index in [1.54, 1.807) is 23.1 Å². The van der Waals surface area contributed by atoms with Crippen molar-refractivity contribution in [1.29, 1.82) is 0 Å². The number of anilines is 1. The molecule has 1 aromatic carbocycles. The maximum atomic E-state index is 12.7. The van der Waals surface area contributed by atoms with E-state index in [1.165, 1.54) is 16.7 Å². The largest absolute Gasteiger partial charge is 0.353 e. The van der Waals surface area contributed by atoms with E-state index in [4.69, 9.17) is 0 Å². The van der Waals surface area contributed by atoms with Gasteiger partial charge in [-0.25, -0.2) is 9.97 Å². The lowest BCUT2D eigenvalue weighted by molar-refractivity contribution is -0.130. The number of piperazine rings is 1. The van der Waals surface area contributed by atoms with E-state index in [0.29, 0.717) is 6.42 Å². The number of pyridine rings is 1. The zero-order chi connectivity index (χ0) is 20.9. The Morgan fingerprint density at radius 2 is 1.97 bits per heavy atom. The van der Waals surface area contributed by atoms with Crippen LogP contribution in [0.2, 0.25) is 0 Å². The SMILES string of the molecule is Cc1ccc(C)c(CSc2nc(CC(=O)N3CCN(c4ccccn4)CC3)cs2)c1. The third kappa shape index (κ3) is 5.21. The van der Waals surface area contributed by atoms with Crippen LogP contribution in [-0.4, -0.2) is 47.0 Å². The summed E-state index contributed by atoms with van der Waals surface area (Å²) in [7, 11) is 0. The molecule has 30 heavy (non-hydrogen) atoms. The zero-order valence-corrected chi connectivity index (χ0v) is 19.0. The maximum Gasteiger partial charge on any atom is 0.228 e. The van der Waals surface area contributed by atoms with Crippen molar-refractivity contribution >= 4 is 34.8 Å². The number of aromatic nitrogens is 2. The number of carbonyl (C=O) groups excluding carboxylic acids is 1. The van der Waals surface area contributed by atoms with Gasteiger partial charge in [-0.05, 0) is 37.1 Å². The summed E-state index contributed by atoms with van der Waals surface area (Å²) in [6, 6.07) is 12.5. The van der Waals surface area contributed by atoms with Crippen molar-refractivity contribution in [2.45, 2.75) is 30.4 Å². The number of carbonyl (C=O) groups is 1. The molecule has 0 bridgehead atoms. The molecule has 0 saturated carbocycles. The zero-order valence-electron chi connectivity index (χ0n) is 17.4. The Hall–Kier alpha value is -2.38. The molecule has 0 aliphatic carbocycles. The number of rotatable bonds is 6. The van der Waals surface area contributed by atoms with E-state index in [1.807, 2.05) is 34.7 Å². The van der Waals surface area contributed by atoms with Crippen LogP contribution in [0.5, 0.6) is 0 Å². The van der Waals surface area contributed by atoms with E-state index in [2.05, 4.69) is 46.9 Å². The topological polar surface area (TPSA) is 49.3 Å². The molecule has 0 unspecified atom stereocenters. The third-order valence-electron chi connectivity index (χ3n) is 5.32. The van der Waals surface area contributed by atoms with Gasteiger partial charge < -0.3 is 9.80 Å². The summed E-state index contributed by atoms with van der Waals surface area (Å²) < 4.78 is 1.03. The van der Waals surface area contributed by atoms with Crippen LogP contribution in [0, 0.1) is 13.8 Å². The number of amides is 1. The minimum Gasteiger partial charge on any atom is -0.353 e. The van der Waals surface area contributed by atoms with Crippen molar-refractivity contribution in [2.24, 2.45) is 0 Å². The molecule has 0 spiro atoms. The van der Waals surface area contributed by atoms with Gasteiger partial charge in [-0.2, -0.15) is 0 Å². The lowest BCUT2D eigenvalue weighted by atomic mass is 10.1. The van der Waals surface area contributed by atoms with Crippen LogP contribution in [0.25, 0.3) is 0 Å². The molecule has 3 aromatic rings. The first-order valence-electron chi connectivity index (χ1n) is 10.2. The van der Waals surface area contributed by atoms with Crippen LogP contribution >= 0.6 is 23.1 Å². The number of thiazole rings is 1. The summed E-state index contributed by atoms with van der Waals surface area (Å²) in [5.41, 5.74) is 4.81. The molecule has 1 aliphatic heterocycles. The quantitative estimate of drug-likeness (QED) is 0.536. The predicted octanol–water partition coefficient (Wildman–Crippen LogP) is 4.34. The second-order valence-electron chi connectivity index (χ2n) is 7.56. The molecule has 1 aliphatic rings. The number of benzene rings is 1. The minimum absolute atomic E-state index is 0.159. The van der Waals surface area contributed by atoms with Gasteiger partial charge in [-0.15, -0.1) is 11.3 Å². The van der Waals surface area contributed by atoms with Crippen molar-refractivity contribution in [3.63, 3.8) is 0 Å². The summed E-state index contributed by atoms with van der Waals surface area (Å²) in [5, 5.41) is 2.02. The van der Waals surface area contributed by atoms with Gasteiger partial charge in [0.15, 0.2) is 0 Å². The van der Waals surface area contributed by atoms with E-state index in [-0.39, 0.29) is 5.91 Å². The first kappa shape index (κ1) is 20.9. The van der Waals surface area contributed by atoms with Gasteiger partial charge >= 0.3 is 0 Å². The van der Waals surface area contributed by atoms with Crippen LogP contribution in [0.4, 0.5) is 5.82 Å². The Bertz CT molecular complexity index is 997.